The number of aromatic nitrogens is 4. The Hall–Kier alpha value is -2.44. The highest BCUT2D eigenvalue weighted by Gasteiger charge is 2.29. The fraction of sp³-hybridized carbons (Fsp3) is 0.556. The van der Waals surface area contributed by atoms with Crippen LogP contribution in [0.1, 0.15) is 60.9 Å². The highest BCUT2D eigenvalue weighted by Crippen LogP contribution is 2.26. The summed E-state index contributed by atoms with van der Waals surface area (Å²) in [6.07, 6.45) is 5.44. The van der Waals surface area contributed by atoms with E-state index < -0.39 is 0 Å². The lowest BCUT2D eigenvalue weighted by Gasteiger charge is -2.32. The molecule has 7 nitrogen and oxygen atoms in total. The maximum Gasteiger partial charge on any atom is 0.343 e. The molecule has 0 spiro atoms. The SMILES string of the molecule is CCCc1cc(C(=O)N2CCCC(c3n[nH]c(=O)n3CC)C2)ccn1. The quantitative estimate of drug-likeness (QED) is 0.899. The van der Waals surface area contributed by atoms with E-state index in [0.717, 1.165) is 43.7 Å². The van der Waals surface area contributed by atoms with Crippen molar-refractivity contribution in [3.05, 3.63) is 45.9 Å². The summed E-state index contributed by atoms with van der Waals surface area (Å²) in [4.78, 5) is 30.9. The Morgan fingerprint density at radius 3 is 3.00 bits per heavy atom. The molecule has 7 heteroatoms. The molecular weight excluding hydrogens is 318 g/mol. The fourth-order valence-corrected chi connectivity index (χ4v) is 3.51. The highest BCUT2D eigenvalue weighted by molar-refractivity contribution is 5.94. The number of pyridine rings is 1. The van der Waals surface area contributed by atoms with Gasteiger partial charge in [-0.05, 0) is 38.3 Å². The molecule has 134 valence electrons. The summed E-state index contributed by atoms with van der Waals surface area (Å²) in [5, 5.41) is 6.72. The van der Waals surface area contributed by atoms with Crippen LogP contribution >= 0.6 is 0 Å². The van der Waals surface area contributed by atoms with Gasteiger partial charge in [0.2, 0.25) is 0 Å². The van der Waals surface area contributed by atoms with Gasteiger partial charge >= 0.3 is 5.69 Å². The van der Waals surface area contributed by atoms with Gasteiger partial charge in [-0.3, -0.25) is 14.3 Å². The Morgan fingerprint density at radius 1 is 1.40 bits per heavy atom. The third-order valence-electron chi connectivity index (χ3n) is 4.75. The molecule has 1 amide bonds. The maximum atomic E-state index is 12.9. The van der Waals surface area contributed by atoms with Crippen LogP contribution in [0.2, 0.25) is 0 Å². The second-order valence-corrected chi connectivity index (χ2v) is 6.51. The number of carbonyl (C=O) groups is 1. The lowest BCUT2D eigenvalue weighted by Crippen LogP contribution is -2.40. The van der Waals surface area contributed by atoms with Crippen LogP contribution in [-0.2, 0) is 13.0 Å². The van der Waals surface area contributed by atoms with Gasteiger partial charge in [0.1, 0.15) is 5.82 Å². The third kappa shape index (κ3) is 3.65. The van der Waals surface area contributed by atoms with Crippen molar-refractivity contribution in [1.29, 1.82) is 0 Å². The van der Waals surface area contributed by atoms with Crippen molar-refractivity contribution in [2.24, 2.45) is 0 Å². The van der Waals surface area contributed by atoms with Crippen molar-refractivity contribution in [3.8, 4) is 0 Å². The number of hydrogen-bond donors (Lipinski definition) is 1. The lowest BCUT2D eigenvalue weighted by atomic mass is 9.96. The molecule has 2 aromatic rings. The fourth-order valence-electron chi connectivity index (χ4n) is 3.51. The Balaban J connectivity index is 1.78. The van der Waals surface area contributed by atoms with Crippen LogP contribution in [0.5, 0.6) is 0 Å². The van der Waals surface area contributed by atoms with Crippen molar-refractivity contribution in [1.82, 2.24) is 24.6 Å². The molecule has 1 unspecified atom stereocenters. The molecule has 25 heavy (non-hydrogen) atoms. The van der Waals surface area contributed by atoms with Crippen molar-refractivity contribution >= 4 is 5.91 Å². The number of likely N-dealkylation sites (tertiary alicyclic amines) is 1. The van der Waals surface area contributed by atoms with Crippen molar-refractivity contribution in [2.75, 3.05) is 13.1 Å². The van der Waals surface area contributed by atoms with Gasteiger partial charge < -0.3 is 4.90 Å². The van der Waals surface area contributed by atoms with Gasteiger partial charge in [0.05, 0.1) is 0 Å². The number of hydrogen-bond acceptors (Lipinski definition) is 4. The summed E-state index contributed by atoms with van der Waals surface area (Å²) in [6.45, 7) is 5.94. The van der Waals surface area contributed by atoms with Crippen LogP contribution in [0, 0.1) is 0 Å². The molecule has 1 saturated heterocycles. The van der Waals surface area contributed by atoms with Gasteiger partial charge in [-0.25, -0.2) is 9.89 Å². The number of carbonyl (C=O) groups excluding carboxylic acids is 1. The highest BCUT2D eigenvalue weighted by atomic mass is 16.2. The predicted octanol–water partition coefficient (Wildman–Crippen LogP) is 1.96. The third-order valence-corrected chi connectivity index (χ3v) is 4.75. The van der Waals surface area contributed by atoms with E-state index in [0.29, 0.717) is 18.7 Å². The van der Waals surface area contributed by atoms with Gasteiger partial charge in [0, 0.05) is 43.0 Å². The van der Waals surface area contributed by atoms with Crippen LogP contribution in [0.4, 0.5) is 0 Å². The minimum Gasteiger partial charge on any atom is -0.338 e. The Morgan fingerprint density at radius 2 is 2.24 bits per heavy atom. The van der Waals surface area contributed by atoms with E-state index in [2.05, 4.69) is 22.1 Å². The number of amides is 1. The molecule has 0 aliphatic carbocycles. The van der Waals surface area contributed by atoms with Crippen LogP contribution < -0.4 is 5.69 Å². The second-order valence-electron chi connectivity index (χ2n) is 6.51. The molecule has 2 aromatic heterocycles. The smallest absolute Gasteiger partial charge is 0.338 e. The number of rotatable bonds is 5. The molecule has 1 aliphatic rings. The monoisotopic (exact) mass is 343 g/mol. The van der Waals surface area contributed by atoms with E-state index in [4.69, 9.17) is 0 Å². The van der Waals surface area contributed by atoms with Crippen LogP contribution in [0.3, 0.4) is 0 Å². The Kier molecular flexibility index (Phi) is 5.31. The first-order valence-corrected chi connectivity index (χ1v) is 9.03. The van der Waals surface area contributed by atoms with Crippen LogP contribution in [0.15, 0.2) is 23.1 Å². The van der Waals surface area contributed by atoms with Gasteiger partial charge in [0.15, 0.2) is 0 Å². The molecule has 1 N–H and O–H groups in total. The van der Waals surface area contributed by atoms with E-state index >= 15 is 0 Å². The van der Waals surface area contributed by atoms with E-state index in [1.165, 1.54) is 0 Å². The summed E-state index contributed by atoms with van der Waals surface area (Å²) < 4.78 is 1.66. The second kappa shape index (κ2) is 7.63. The average molecular weight is 343 g/mol. The summed E-state index contributed by atoms with van der Waals surface area (Å²) >= 11 is 0. The number of nitrogens with zero attached hydrogens (tertiary/aromatic N) is 4. The average Bonchev–Trinajstić information content (AvgIpc) is 3.02. The first-order chi connectivity index (χ1) is 12.1. The number of piperidine rings is 1. The van der Waals surface area contributed by atoms with E-state index in [1.54, 1.807) is 16.8 Å². The predicted molar refractivity (Wildman–Crippen MR) is 94.6 cm³/mol. The Labute approximate surface area is 147 Å². The molecule has 3 heterocycles. The number of H-pyrrole nitrogens is 1. The molecule has 0 radical (unpaired) electrons. The number of nitrogens with one attached hydrogen (secondary N) is 1. The molecule has 1 atom stereocenters. The van der Waals surface area contributed by atoms with Crippen molar-refractivity contribution in [3.63, 3.8) is 0 Å². The molecule has 3 rings (SSSR count). The van der Waals surface area contributed by atoms with Crippen LogP contribution in [-0.4, -0.2) is 43.6 Å². The van der Waals surface area contributed by atoms with E-state index in [1.807, 2.05) is 17.9 Å². The van der Waals surface area contributed by atoms with E-state index in [-0.39, 0.29) is 17.5 Å². The zero-order valence-electron chi connectivity index (χ0n) is 14.9. The first kappa shape index (κ1) is 17.4. The first-order valence-electron chi connectivity index (χ1n) is 9.03. The zero-order valence-corrected chi connectivity index (χ0v) is 14.9. The van der Waals surface area contributed by atoms with Crippen molar-refractivity contribution < 1.29 is 4.79 Å². The molecule has 1 fully saturated rings. The van der Waals surface area contributed by atoms with Crippen LogP contribution in [0.25, 0.3) is 0 Å². The maximum absolute atomic E-state index is 12.9. The largest absolute Gasteiger partial charge is 0.343 e. The normalized spacial score (nSPS) is 17.7. The van der Waals surface area contributed by atoms with Gasteiger partial charge in [-0.1, -0.05) is 13.3 Å². The summed E-state index contributed by atoms with van der Waals surface area (Å²) in [5.41, 5.74) is 1.46. The molecule has 0 aromatic carbocycles. The standard InChI is InChI=1S/C18H25N5O2/c1-3-6-15-11-13(8-9-19-15)17(24)22-10-5-7-14(12-22)16-20-21-18(25)23(16)4-2/h8-9,11,14H,3-7,10,12H2,1-2H3,(H,21,25). The van der Waals surface area contributed by atoms with Gasteiger partial charge in [-0.2, -0.15) is 5.10 Å². The van der Waals surface area contributed by atoms with Crippen molar-refractivity contribution in [2.45, 2.75) is 52.0 Å². The number of aryl methyl sites for hydroxylation is 1. The van der Waals surface area contributed by atoms with Gasteiger partial charge in [0.25, 0.3) is 5.91 Å². The molecule has 0 saturated carbocycles. The molecule has 0 bridgehead atoms. The Bertz CT molecular complexity index is 795. The number of aromatic amines is 1. The summed E-state index contributed by atoms with van der Waals surface area (Å²) in [5.74, 6) is 0.880. The lowest BCUT2D eigenvalue weighted by molar-refractivity contribution is 0.0703. The summed E-state index contributed by atoms with van der Waals surface area (Å²) in [6, 6.07) is 3.67. The zero-order chi connectivity index (χ0) is 17.8. The molecule has 1 aliphatic heterocycles. The minimum atomic E-state index is -0.181. The van der Waals surface area contributed by atoms with Gasteiger partial charge in [-0.15, -0.1) is 0 Å². The minimum absolute atomic E-state index is 0.0328. The summed E-state index contributed by atoms with van der Waals surface area (Å²) in [7, 11) is 0. The molecular formula is C18H25N5O2. The topological polar surface area (TPSA) is 83.9 Å². The van der Waals surface area contributed by atoms with E-state index in [9.17, 15) is 9.59 Å².